The molecule has 6 aromatic carbocycles. The highest BCUT2D eigenvalue weighted by Gasteiger charge is 2.20. The van der Waals surface area contributed by atoms with Crippen LogP contribution in [0.2, 0.25) is 0 Å². The predicted octanol–water partition coefficient (Wildman–Crippen LogP) is 10.3. The lowest BCUT2D eigenvalue weighted by atomic mass is 9.90. The molecule has 0 spiro atoms. The van der Waals surface area contributed by atoms with Gasteiger partial charge in [0.05, 0.1) is 11.0 Å². The van der Waals surface area contributed by atoms with Gasteiger partial charge >= 0.3 is 0 Å². The topological polar surface area (TPSA) is 38.9 Å². The average Bonchev–Trinajstić information content (AvgIpc) is 3.43. The van der Waals surface area contributed by atoms with Gasteiger partial charge in [-0.05, 0) is 57.3 Å². The van der Waals surface area contributed by atoms with Gasteiger partial charge in [0.15, 0.2) is 0 Å². The van der Waals surface area contributed by atoms with Crippen molar-refractivity contribution in [1.82, 2.24) is 9.97 Å². The van der Waals surface area contributed by atoms with Crippen LogP contribution in [0.3, 0.4) is 0 Å². The van der Waals surface area contributed by atoms with E-state index in [1.807, 2.05) is 24.5 Å². The number of pyridine rings is 2. The van der Waals surface area contributed by atoms with Gasteiger partial charge in [-0.15, -0.1) is 0 Å². The first-order valence-corrected chi connectivity index (χ1v) is 13.8. The number of fused-ring (bicyclic) bond motifs is 9. The standard InChI is InChI=1S/C38H22N2O/c1-7-23-17-19-25-9-5-21-39-37(25)33(23)27(11-1)29-13-3-15-31-35(29)36-30(14-4-16-32(36)41-31)28-12-2-8-24-18-20-26-10-6-22-40-38(26)34(24)28/h1-22H. The molecule has 0 N–H and O–H groups in total. The number of hydrogen-bond donors (Lipinski definition) is 0. The highest BCUT2D eigenvalue weighted by Crippen LogP contribution is 2.45. The Bertz CT molecular complexity index is 2320. The van der Waals surface area contributed by atoms with Crippen LogP contribution in [-0.2, 0) is 0 Å². The van der Waals surface area contributed by atoms with Crippen molar-refractivity contribution in [2.24, 2.45) is 0 Å². The van der Waals surface area contributed by atoms with E-state index < -0.39 is 0 Å². The van der Waals surface area contributed by atoms with Gasteiger partial charge in [0.25, 0.3) is 0 Å². The Morgan fingerprint density at radius 2 is 0.732 bits per heavy atom. The number of benzene rings is 6. The molecule has 9 aromatic rings. The lowest BCUT2D eigenvalue weighted by molar-refractivity contribution is 0.669. The molecule has 3 nitrogen and oxygen atoms in total. The summed E-state index contributed by atoms with van der Waals surface area (Å²) in [4.78, 5) is 9.65. The molecule has 0 unspecified atom stereocenters. The van der Waals surface area contributed by atoms with Crippen molar-refractivity contribution in [3.05, 3.63) is 134 Å². The first kappa shape index (κ1) is 22.3. The van der Waals surface area contributed by atoms with Crippen molar-refractivity contribution in [1.29, 1.82) is 0 Å². The molecular weight excluding hydrogens is 500 g/mol. The molecule has 3 heteroatoms. The predicted molar refractivity (Wildman–Crippen MR) is 170 cm³/mol. The first-order chi connectivity index (χ1) is 20.3. The summed E-state index contributed by atoms with van der Waals surface area (Å²) in [5.74, 6) is 0. The van der Waals surface area contributed by atoms with Crippen LogP contribution in [0.15, 0.2) is 138 Å². The summed E-state index contributed by atoms with van der Waals surface area (Å²) in [5.41, 5.74) is 8.35. The fourth-order valence-corrected chi connectivity index (χ4v) is 6.59. The van der Waals surface area contributed by atoms with Crippen LogP contribution in [0, 0.1) is 0 Å². The van der Waals surface area contributed by atoms with Gasteiger partial charge in [-0.3, -0.25) is 9.97 Å². The first-order valence-electron chi connectivity index (χ1n) is 13.8. The molecule has 0 saturated heterocycles. The van der Waals surface area contributed by atoms with E-state index in [-0.39, 0.29) is 0 Å². The molecule has 3 aromatic heterocycles. The summed E-state index contributed by atoms with van der Waals surface area (Å²) in [5, 5.41) is 9.15. The quantitative estimate of drug-likeness (QED) is 0.212. The Labute approximate surface area is 235 Å². The fourth-order valence-electron chi connectivity index (χ4n) is 6.59. The Hall–Kier alpha value is -5.54. The van der Waals surface area contributed by atoms with Crippen LogP contribution in [0.4, 0.5) is 0 Å². The molecule has 3 heterocycles. The van der Waals surface area contributed by atoms with E-state index >= 15 is 0 Å². The van der Waals surface area contributed by atoms with E-state index in [4.69, 9.17) is 14.4 Å². The molecule has 0 atom stereocenters. The van der Waals surface area contributed by atoms with E-state index in [9.17, 15) is 0 Å². The zero-order chi connectivity index (χ0) is 26.9. The summed E-state index contributed by atoms with van der Waals surface area (Å²) in [6.45, 7) is 0. The second kappa shape index (κ2) is 8.48. The number of hydrogen-bond acceptors (Lipinski definition) is 3. The van der Waals surface area contributed by atoms with E-state index in [0.29, 0.717) is 0 Å². The normalized spacial score (nSPS) is 11.9. The van der Waals surface area contributed by atoms with E-state index in [1.54, 1.807) is 0 Å². The van der Waals surface area contributed by atoms with Gasteiger partial charge in [0.1, 0.15) is 11.2 Å². The molecule has 0 bridgehead atoms. The summed E-state index contributed by atoms with van der Waals surface area (Å²) < 4.78 is 6.54. The largest absolute Gasteiger partial charge is 0.456 e. The molecule has 0 aliphatic carbocycles. The van der Waals surface area contributed by atoms with Crippen LogP contribution in [0.1, 0.15) is 0 Å². The smallest absolute Gasteiger partial charge is 0.136 e. The average molecular weight is 523 g/mol. The minimum atomic E-state index is 0.873. The van der Waals surface area contributed by atoms with Gasteiger partial charge in [-0.1, -0.05) is 97.1 Å². The van der Waals surface area contributed by atoms with Gasteiger partial charge < -0.3 is 4.42 Å². The Kier molecular flexibility index (Phi) is 4.61. The minimum Gasteiger partial charge on any atom is -0.456 e. The van der Waals surface area contributed by atoms with Crippen LogP contribution in [0.5, 0.6) is 0 Å². The third kappa shape index (κ3) is 3.20. The molecule has 0 saturated carbocycles. The second-order valence-electron chi connectivity index (χ2n) is 10.5. The van der Waals surface area contributed by atoms with Crippen LogP contribution >= 0.6 is 0 Å². The maximum Gasteiger partial charge on any atom is 0.136 e. The Morgan fingerprint density at radius 3 is 1.22 bits per heavy atom. The SMILES string of the molecule is c1cnc2c(c1)ccc1cccc(-c3cccc4oc5cccc(-c6cccc7ccc8cccnc8c67)c5c34)c12. The maximum absolute atomic E-state index is 6.54. The Balaban J connectivity index is 1.44. The number of nitrogens with zero attached hydrogens (tertiary/aromatic N) is 2. The molecular formula is C38H22N2O. The van der Waals surface area contributed by atoms with Gasteiger partial charge in [-0.2, -0.15) is 0 Å². The monoisotopic (exact) mass is 522 g/mol. The second-order valence-corrected chi connectivity index (χ2v) is 10.5. The molecule has 0 radical (unpaired) electrons. The zero-order valence-electron chi connectivity index (χ0n) is 22.0. The molecule has 0 aliphatic rings. The van der Waals surface area contributed by atoms with Crippen molar-refractivity contribution in [3.8, 4) is 22.3 Å². The molecule has 0 amide bonds. The number of furan rings is 1. The third-order valence-electron chi connectivity index (χ3n) is 8.33. The van der Waals surface area contributed by atoms with Crippen LogP contribution in [0.25, 0.3) is 87.5 Å². The highest BCUT2D eigenvalue weighted by atomic mass is 16.3. The highest BCUT2D eigenvalue weighted by molar-refractivity contribution is 6.24. The summed E-state index contributed by atoms with van der Waals surface area (Å²) >= 11 is 0. The maximum atomic E-state index is 6.54. The van der Waals surface area contributed by atoms with E-state index in [0.717, 1.165) is 76.8 Å². The third-order valence-corrected chi connectivity index (χ3v) is 8.33. The fraction of sp³-hybridized carbons (Fsp3) is 0. The minimum absolute atomic E-state index is 0.873. The van der Waals surface area contributed by atoms with Crippen molar-refractivity contribution < 1.29 is 4.42 Å². The summed E-state index contributed by atoms with van der Waals surface area (Å²) in [6, 6.07) is 42.7. The summed E-state index contributed by atoms with van der Waals surface area (Å²) in [6.07, 6.45) is 3.76. The van der Waals surface area contributed by atoms with Crippen molar-refractivity contribution >= 4 is 65.3 Å². The van der Waals surface area contributed by atoms with E-state index in [1.165, 1.54) is 10.8 Å². The number of rotatable bonds is 2. The van der Waals surface area contributed by atoms with Gasteiger partial charge in [0, 0.05) is 44.7 Å². The summed E-state index contributed by atoms with van der Waals surface area (Å²) in [7, 11) is 0. The molecule has 0 fully saturated rings. The molecule has 0 aliphatic heterocycles. The van der Waals surface area contributed by atoms with Crippen molar-refractivity contribution in [2.75, 3.05) is 0 Å². The van der Waals surface area contributed by atoms with Gasteiger partial charge in [0.2, 0.25) is 0 Å². The van der Waals surface area contributed by atoms with Gasteiger partial charge in [-0.25, -0.2) is 0 Å². The molecule has 9 rings (SSSR count). The van der Waals surface area contributed by atoms with Crippen molar-refractivity contribution in [2.45, 2.75) is 0 Å². The number of aromatic nitrogens is 2. The van der Waals surface area contributed by atoms with Crippen LogP contribution in [-0.4, -0.2) is 9.97 Å². The molecule has 190 valence electrons. The van der Waals surface area contributed by atoms with Crippen LogP contribution < -0.4 is 0 Å². The molecule has 41 heavy (non-hydrogen) atoms. The van der Waals surface area contributed by atoms with Crippen molar-refractivity contribution in [3.63, 3.8) is 0 Å². The zero-order valence-corrected chi connectivity index (χ0v) is 22.0. The Morgan fingerprint density at radius 1 is 0.341 bits per heavy atom. The lowest BCUT2D eigenvalue weighted by Crippen LogP contribution is -1.89. The van der Waals surface area contributed by atoms with E-state index in [2.05, 4.69) is 109 Å². The lowest BCUT2D eigenvalue weighted by Gasteiger charge is -2.13.